The average Bonchev–Trinajstić information content (AvgIpc) is 3.27. The molecule has 0 aromatic rings. The quantitative estimate of drug-likeness (QED) is 0.0418. The Kier molecular flexibility index (Phi) is 51.5. The third-order valence-electron chi connectivity index (χ3n) is 13.4. The standard InChI is InChI=1S/C56H111NO5/c1-3-5-7-9-11-13-15-16-22-26-30-34-38-42-46-50-56(61)62-51-47-43-39-35-31-27-24-21-19-17-18-20-23-25-29-33-37-41-45-49-55(60)57-53(52-58)54(59)48-44-40-36-32-28-14-12-10-8-6-4-2/h53-54,58-59H,3-52H2,1-2H3,(H,57,60). The van der Waals surface area contributed by atoms with Crippen molar-refractivity contribution in [1.29, 1.82) is 0 Å². The Morgan fingerprint density at radius 2 is 0.661 bits per heavy atom. The lowest BCUT2D eigenvalue weighted by molar-refractivity contribution is -0.143. The minimum atomic E-state index is -0.663. The minimum absolute atomic E-state index is 0.0126. The van der Waals surface area contributed by atoms with Crippen LogP contribution in [0.3, 0.4) is 0 Å². The number of hydrogen-bond donors (Lipinski definition) is 3. The summed E-state index contributed by atoms with van der Waals surface area (Å²) >= 11 is 0. The largest absolute Gasteiger partial charge is 0.466 e. The van der Waals surface area contributed by atoms with E-state index in [1.807, 2.05) is 0 Å². The van der Waals surface area contributed by atoms with Gasteiger partial charge in [-0.1, -0.05) is 284 Å². The summed E-state index contributed by atoms with van der Waals surface area (Å²) in [5, 5.41) is 23.2. The molecule has 6 nitrogen and oxygen atoms in total. The number of carbonyl (C=O) groups excluding carboxylic acids is 2. The monoisotopic (exact) mass is 878 g/mol. The molecule has 0 rings (SSSR count). The summed E-state index contributed by atoms with van der Waals surface area (Å²) in [6.07, 6.45) is 59.5. The van der Waals surface area contributed by atoms with Crippen LogP contribution in [0.15, 0.2) is 0 Å². The van der Waals surface area contributed by atoms with E-state index in [9.17, 15) is 19.8 Å². The predicted molar refractivity (Wildman–Crippen MR) is 269 cm³/mol. The van der Waals surface area contributed by atoms with Gasteiger partial charge in [0.05, 0.1) is 25.4 Å². The van der Waals surface area contributed by atoms with Crippen LogP contribution >= 0.6 is 0 Å². The van der Waals surface area contributed by atoms with Crippen molar-refractivity contribution in [2.24, 2.45) is 0 Å². The highest BCUT2D eigenvalue weighted by Gasteiger charge is 2.20. The van der Waals surface area contributed by atoms with Crippen LogP contribution in [-0.4, -0.2) is 47.4 Å². The Bertz CT molecular complexity index is 882. The Balaban J connectivity index is 3.36. The second-order valence-electron chi connectivity index (χ2n) is 19.6. The maximum absolute atomic E-state index is 12.4. The van der Waals surface area contributed by atoms with Crippen molar-refractivity contribution in [2.45, 2.75) is 334 Å². The molecule has 0 radical (unpaired) electrons. The fourth-order valence-electron chi connectivity index (χ4n) is 9.05. The van der Waals surface area contributed by atoms with Gasteiger partial charge in [0.1, 0.15) is 0 Å². The fourth-order valence-corrected chi connectivity index (χ4v) is 9.05. The van der Waals surface area contributed by atoms with Crippen LogP contribution in [0, 0.1) is 0 Å². The molecule has 0 aromatic heterocycles. The molecule has 0 bridgehead atoms. The number of unbranched alkanes of at least 4 members (excludes halogenated alkanes) is 42. The van der Waals surface area contributed by atoms with Gasteiger partial charge in [-0.2, -0.15) is 0 Å². The summed E-state index contributed by atoms with van der Waals surface area (Å²) in [5.41, 5.74) is 0. The Morgan fingerprint density at radius 3 is 0.984 bits per heavy atom. The highest BCUT2D eigenvalue weighted by atomic mass is 16.5. The molecular formula is C56H111NO5. The van der Waals surface area contributed by atoms with Gasteiger partial charge in [0, 0.05) is 12.8 Å². The van der Waals surface area contributed by atoms with Crippen molar-refractivity contribution in [3.63, 3.8) is 0 Å². The minimum Gasteiger partial charge on any atom is -0.466 e. The van der Waals surface area contributed by atoms with Crippen molar-refractivity contribution < 1.29 is 24.5 Å². The van der Waals surface area contributed by atoms with Crippen LogP contribution in [0.4, 0.5) is 0 Å². The lowest BCUT2D eigenvalue weighted by Crippen LogP contribution is -2.45. The van der Waals surface area contributed by atoms with Crippen LogP contribution in [-0.2, 0) is 14.3 Å². The average molecular weight is 879 g/mol. The first kappa shape index (κ1) is 60.9. The highest BCUT2D eigenvalue weighted by Crippen LogP contribution is 2.18. The number of aliphatic hydroxyl groups excluding tert-OH is 2. The maximum Gasteiger partial charge on any atom is 0.305 e. The molecule has 0 saturated heterocycles. The first-order valence-corrected chi connectivity index (χ1v) is 28.3. The lowest BCUT2D eigenvalue weighted by atomic mass is 10.0. The molecule has 0 aromatic carbocycles. The SMILES string of the molecule is CCCCCCCCCCCCCCCCCC(=O)OCCCCCCCCCCCCCCCCCCCCCC(=O)NC(CO)C(O)CCCCCCCCCCCCC. The maximum atomic E-state index is 12.4. The zero-order chi connectivity index (χ0) is 45.1. The van der Waals surface area contributed by atoms with Crippen LogP contribution in [0.2, 0.25) is 0 Å². The van der Waals surface area contributed by atoms with Crippen LogP contribution in [0.25, 0.3) is 0 Å². The van der Waals surface area contributed by atoms with E-state index in [4.69, 9.17) is 4.74 Å². The summed E-state index contributed by atoms with van der Waals surface area (Å²) in [6.45, 7) is 4.96. The topological polar surface area (TPSA) is 95.9 Å². The molecule has 62 heavy (non-hydrogen) atoms. The lowest BCUT2D eigenvalue weighted by Gasteiger charge is -2.22. The van der Waals surface area contributed by atoms with Crippen LogP contribution in [0.1, 0.15) is 322 Å². The number of ether oxygens (including phenoxy) is 1. The third kappa shape index (κ3) is 48.3. The van der Waals surface area contributed by atoms with Crippen molar-refractivity contribution in [3.8, 4) is 0 Å². The van der Waals surface area contributed by atoms with Gasteiger partial charge in [0.25, 0.3) is 0 Å². The smallest absolute Gasteiger partial charge is 0.305 e. The first-order valence-electron chi connectivity index (χ1n) is 28.3. The number of nitrogens with one attached hydrogen (secondary N) is 1. The molecule has 0 heterocycles. The van der Waals surface area contributed by atoms with Gasteiger partial charge in [0.15, 0.2) is 0 Å². The number of esters is 1. The number of rotatable bonds is 53. The fraction of sp³-hybridized carbons (Fsp3) is 0.964. The molecule has 0 fully saturated rings. The molecule has 0 spiro atoms. The number of aliphatic hydroxyl groups is 2. The van der Waals surface area contributed by atoms with Crippen molar-refractivity contribution in [2.75, 3.05) is 13.2 Å². The van der Waals surface area contributed by atoms with Gasteiger partial charge in [0.2, 0.25) is 5.91 Å². The van der Waals surface area contributed by atoms with Crippen molar-refractivity contribution in [1.82, 2.24) is 5.32 Å². The molecule has 3 N–H and O–H groups in total. The molecule has 6 heteroatoms. The first-order chi connectivity index (χ1) is 30.5. The van der Waals surface area contributed by atoms with Gasteiger partial charge in [-0.3, -0.25) is 9.59 Å². The van der Waals surface area contributed by atoms with Gasteiger partial charge < -0.3 is 20.3 Å². The van der Waals surface area contributed by atoms with Crippen LogP contribution < -0.4 is 5.32 Å². The summed E-state index contributed by atoms with van der Waals surface area (Å²) in [6, 6.07) is -0.540. The van der Waals surface area contributed by atoms with Gasteiger partial charge in [-0.25, -0.2) is 0 Å². The van der Waals surface area contributed by atoms with E-state index >= 15 is 0 Å². The van der Waals surface area contributed by atoms with E-state index in [2.05, 4.69) is 19.2 Å². The van der Waals surface area contributed by atoms with Crippen molar-refractivity contribution >= 4 is 11.9 Å². The predicted octanol–water partition coefficient (Wildman–Crippen LogP) is 17.1. The van der Waals surface area contributed by atoms with Gasteiger partial charge in [-0.15, -0.1) is 0 Å². The van der Waals surface area contributed by atoms with Gasteiger partial charge >= 0.3 is 5.97 Å². The molecule has 0 aliphatic carbocycles. The highest BCUT2D eigenvalue weighted by molar-refractivity contribution is 5.76. The Labute approximate surface area is 387 Å². The molecule has 0 aliphatic rings. The molecule has 0 aliphatic heterocycles. The van der Waals surface area contributed by atoms with Crippen molar-refractivity contribution in [3.05, 3.63) is 0 Å². The van der Waals surface area contributed by atoms with E-state index in [0.29, 0.717) is 25.9 Å². The zero-order valence-electron chi connectivity index (χ0n) is 42.1. The summed E-state index contributed by atoms with van der Waals surface area (Å²) < 4.78 is 5.48. The molecule has 2 unspecified atom stereocenters. The number of amides is 1. The Hall–Kier alpha value is -1.14. The molecule has 370 valence electrons. The molecule has 1 amide bonds. The summed E-state index contributed by atoms with van der Waals surface area (Å²) in [4.78, 5) is 24.5. The normalized spacial score (nSPS) is 12.5. The Morgan fingerprint density at radius 1 is 0.387 bits per heavy atom. The van der Waals surface area contributed by atoms with E-state index in [1.165, 1.54) is 250 Å². The third-order valence-corrected chi connectivity index (χ3v) is 13.4. The van der Waals surface area contributed by atoms with E-state index < -0.39 is 12.1 Å². The molecule has 0 saturated carbocycles. The van der Waals surface area contributed by atoms with E-state index in [1.54, 1.807) is 0 Å². The second-order valence-corrected chi connectivity index (χ2v) is 19.6. The molecular weight excluding hydrogens is 767 g/mol. The van der Waals surface area contributed by atoms with E-state index in [-0.39, 0.29) is 18.5 Å². The van der Waals surface area contributed by atoms with Crippen LogP contribution in [0.5, 0.6) is 0 Å². The second kappa shape index (κ2) is 52.5. The number of hydrogen-bond acceptors (Lipinski definition) is 5. The van der Waals surface area contributed by atoms with E-state index in [0.717, 1.165) is 38.5 Å². The van der Waals surface area contributed by atoms with Gasteiger partial charge in [-0.05, 0) is 25.7 Å². The molecule has 2 atom stereocenters. The number of carbonyl (C=O) groups is 2. The zero-order valence-corrected chi connectivity index (χ0v) is 42.1. The summed E-state index contributed by atoms with van der Waals surface area (Å²) in [7, 11) is 0. The summed E-state index contributed by atoms with van der Waals surface area (Å²) in [5.74, 6) is -0.0246.